The average Bonchev–Trinajstić information content (AvgIpc) is 2.22. The van der Waals surface area contributed by atoms with Crippen LogP contribution in [0.25, 0.3) is 0 Å². The van der Waals surface area contributed by atoms with Crippen LogP contribution < -0.4 is 0 Å². The minimum Gasteiger partial charge on any atom is -0.265 e. The van der Waals surface area contributed by atoms with Gasteiger partial charge in [0, 0.05) is 18.3 Å². The topological polar surface area (TPSA) is 12.4 Å². The molecule has 1 aliphatic rings. The molecular weight excluding hydrogens is 134 g/mol. The van der Waals surface area contributed by atoms with Crippen LogP contribution >= 0.6 is 0 Å². The van der Waals surface area contributed by atoms with Crippen molar-refractivity contribution >= 4 is 6.21 Å². The van der Waals surface area contributed by atoms with Crippen molar-refractivity contribution in [3.8, 4) is 0 Å². The maximum atomic E-state index is 4.20. The van der Waals surface area contributed by atoms with Gasteiger partial charge in [0.05, 0.1) is 0 Å². The van der Waals surface area contributed by atoms with Crippen LogP contribution in [0.2, 0.25) is 0 Å². The van der Waals surface area contributed by atoms with E-state index in [1.165, 1.54) is 5.57 Å². The van der Waals surface area contributed by atoms with E-state index in [0.29, 0.717) is 0 Å². The van der Waals surface area contributed by atoms with Crippen molar-refractivity contribution in [3.63, 3.8) is 0 Å². The number of allylic oxidation sites excluding steroid dienone is 4. The van der Waals surface area contributed by atoms with Crippen LogP contribution in [0.1, 0.15) is 34.1 Å². The molecule has 0 amide bonds. The Morgan fingerprint density at radius 1 is 1.27 bits per heavy atom. The van der Waals surface area contributed by atoms with Crippen LogP contribution in [0.3, 0.4) is 0 Å². The zero-order valence-electron chi connectivity index (χ0n) is 7.89. The Kier molecular flexibility index (Phi) is 5.44. The molecule has 1 heterocycles. The Labute approximate surface area is 69.5 Å². The fraction of sp³-hybridized carbons (Fsp3) is 0.500. The highest BCUT2D eigenvalue weighted by Gasteiger charge is 1.91. The number of hydrogen-bond acceptors (Lipinski definition) is 1. The summed E-state index contributed by atoms with van der Waals surface area (Å²) in [7, 11) is 0. The van der Waals surface area contributed by atoms with E-state index in [0.717, 1.165) is 12.1 Å². The second kappa shape index (κ2) is 5.90. The number of aliphatic imine (C=N–C) groups is 1. The van der Waals surface area contributed by atoms with Gasteiger partial charge in [0.15, 0.2) is 0 Å². The van der Waals surface area contributed by atoms with Crippen LogP contribution in [-0.4, -0.2) is 6.21 Å². The zero-order chi connectivity index (χ0) is 8.69. The molecule has 0 atom stereocenters. The molecule has 0 spiro atoms. The zero-order valence-corrected chi connectivity index (χ0v) is 7.89. The number of nitrogens with zero attached hydrogens (tertiary/aromatic N) is 1. The van der Waals surface area contributed by atoms with Gasteiger partial charge in [-0.25, -0.2) is 0 Å². The van der Waals surface area contributed by atoms with E-state index >= 15 is 0 Å². The van der Waals surface area contributed by atoms with Gasteiger partial charge in [-0.3, -0.25) is 4.99 Å². The van der Waals surface area contributed by atoms with E-state index in [2.05, 4.69) is 24.1 Å². The van der Waals surface area contributed by atoms with Gasteiger partial charge >= 0.3 is 0 Å². The lowest BCUT2D eigenvalue weighted by Gasteiger charge is -1.91. The van der Waals surface area contributed by atoms with Gasteiger partial charge in [-0.05, 0) is 19.4 Å². The van der Waals surface area contributed by atoms with E-state index < -0.39 is 0 Å². The molecule has 11 heavy (non-hydrogen) atoms. The molecule has 0 bridgehead atoms. The van der Waals surface area contributed by atoms with E-state index in [4.69, 9.17) is 0 Å². The van der Waals surface area contributed by atoms with Crippen molar-refractivity contribution in [1.29, 1.82) is 0 Å². The van der Waals surface area contributed by atoms with Crippen molar-refractivity contribution < 1.29 is 0 Å². The molecule has 0 aromatic heterocycles. The molecule has 1 heteroatoms. The maximum Gasteiger partial charge on any atom is 0.0397 e. The molecule has 0 N–H and O–H groups in total. The summed E-state index contributed by atoms with van der Waals surface area (Å²) in [5.41, 5.74) is 2.40. The van der Waals surface area contributed by atoms with Gasteiger partial charge in [-0.2, -0.15) is 0 Å². The van der Waals surface area contributed by atoms with Gasteiger partial charge in [-0.15, -0.1) is 0 Å². The Morgan fingerprint density at radius 3 is 2.55 bits per heavy atom. The van der Waals surface area contributed by atoms with Crippen LogP contribution in [0.5, 0.6) is 0 Å². The molecule has 0 saturated heterocycles. The molecule has 62 valence electrons. The Hall–Kier alpha value is -0.850. The molecule has 1 rings (SSSR count). The summed E-state index contributed by atoms with van der Waals surface area (Å²) in [6.45, 7) is 8.11. The summed E-state index contributed by atoms with van der Waals surface area (Å²) in [5.74, 6) is 0. The lowest BCUT2D eigenvalue weighted by molar-refractivity contribution is 1.25. The Balaban J connectivity index is 0.000000461. The number of hydrogen-bond donors (Lipinski definition) is 0. The van der Waals surface area contributed by atoms with Crippen molar-refractivity contribution in [2.45, 2.75) is 34.1 Å². The fourth-order valence-corrected chi connectivity index (χ4v) is 0.718. The molecule has 1 nitrogen and oxygen atoms in total. The highest BCUT2D eigenvalue weighted by atomic mass is 14.7. The molecule has 0 unspecified atom stereocenters. The highest BCUT2D eigenvalue weighted by Crippen LogP contribution is 2.08. The van der Waals surface area contributed by atoms with Crippen LogP contribution in [0.15, 0.2) is 28.4 Å². The smallest absolute Gasteiger partial charge is 0.0397 e. The minimum absolute atomic E-state index is 0.967. The quantitative estimate of drug-likeness (QED) is 0.503. The first-order valence-electron chi connectivity index (χ1n) is 4.17. The normalized spacial score (nSPS) is 15.6. The van der Waals surface area contributed by atoms with E-state index in [1.807, 2.05) is 27.0 Å². The molecule has 0 radical (unpaired) electrons. The third kappa shape index (κ3) is 3.76. The first-order chi connectivity index (χ1) is 5.30. The van der Waals surface area contributed by atoms with Crippen LogP contribution in [-0.2, 0) is 0 Å². The monoisotopic (exact) mass is 151 g/mol. The van der Waals surface area contributed by atoms with Gasteiger partial charge in [-0.1, -0.05) is 26.0 Å². The lowest BCUT2D eigenvalue weighted by atomic mass is 10.2. The summed E-state index contributed by atoms with van der Waals surface area (Å²) < 4.78 is 0. The first kappa shape index (κ1) is 10.2. The van der Waals surface area contributed by atoms with Gasteiger partial charge in [0.25, 0.3) is 0 Å². The average molecular weight is 151 g/mol. The van der Waals surface area contributed by atoms with Crippen LogP contribution in [0, 0.1) is 0 Å². The predicted molar refractivity (Wildman–Crippen MR) is 52.0 cm³/mol. The predicted octanol–water partition coefficient (Wildman–Crippen LogP) is 3.34. The Morgan fingerprint density at radius 2 is 1.91 bits per heavy atom. The van der Waals surface area contributed by atoms with Crippen molar-refractivity contribution in [1.82, 2.24) is 0 Å². The van der Waals surface area contributed by atoms with Crippen molar-refractivity contribution in [2.24, 2.45) is 4.99 Å². The Bertz CT molecular complexity index is 165. The van der Waals surface area contributed by atoms with Crippen molar-refractivity contribution in [3.05, 3.63) is 23.4 Å². The minimum atomic E-state index is 0.967. The standard InChI is InChI=1S/C8H11N.C2H6/c1-7-5-3-4-6-9-8(7)2;1-2/h3,5-6H,4H2,1-2H3;1-2H3. The van der Waals surface area contributed by atoms with Gasteiger partial charge in [0.2, 0.25) is 0 Å². The lowest BCUT2D eigenvalue weighted by Crippen LogP contribution is -1.73. The van der Waals surface area contributed by atoms with E-state index in [9.17, 15) is 0 Å². The number of rotatable bonds is 0. The van der Waals surface area contributed by atoms with Gasteiger partial charge in [0.1, 0.15) is 0 Å². The fourth-order valence-electron chi connectivity index (χ4n) is 0.718. The van der Waals surface area contributed by atoms with Crippen molar-refractivity contribution in [2.75, 3.05) is 0 Å². The van der Waals surface area contributed by atoms with Crippen LogP contribution in [0.4, 0.5) is 0 Å². The highest BCUT2D eigenvalue weighted by molar-refractivity contribution is 5.62. The maximum absolute atomic E-state index is 4.20. The summed E-state index contributed by atoms with van der Waals surface area (Å²) in [4.78, 5) is 4.20. The van der Waals surface area contributed by atoms with Gasteiger partial charge < -0.3 is 0 Å². The van der Waals surface area contributed by atoms with E-state index in [1.54, 1.807) is 0 Å². The van der Waals surface area contributed by atoms with E-state index in [-0.39, 0.29) is 0 Å². The second-order valence-corrected chi connectivity index (χ2v) is 2.22. The molecule has 0 aromatic carbocycles. The summed E-state index contributed by atoms with van der Waals surface area (Å²) in [6.07, 6.45) is 7.13. The first-order valence-corrected chi connectivity index (χ1v) is 4.17. The molecule has 1 aliphatic heterocycles. The third-order valence-corrected chi connectivity index (χ3v) is 1.46. The largest absolute Gasteiger partial charge is 0.265 e. The summed E-state index contributed by atoms with van der Waals surface area (Å²) in [6, 6.07) is 0. The molecule has 0 aromatic rings. The molecular formula is C10H17N. The summed E-state index contributed by atoms with van der Waals surface area (Å²) in [5, 5.41) is 0. The third-order valence-electron chi connectivity index (χ3n) is 1.46. The molecule has 0 saturated carbocycles. The SMILES string of the molecule is CC.CC1=C(C)N=CCC=C1. The molecule has 0 fully saturated rings. The summed E-state index contributed by atoms with van der Waals surface area (Å²) >= 11 is 0. The molecule has 0 aliphatic carbocycles. The second-order valence-electron chi connectivity index (χ2n) is 2.22.